The van der Waals surface area contributed by atoms with Crippen LogP contribution in [0.15, 0.2) is 28.6 Å². The molecular weight excluding hydrogens is 342 g/mol. The number of rotatable bonds is 6. The smallest absolute Gasteiger partial charge is 0.291 e. The van der Waals surface area contributed by atoms with E-state index in [-0.39, 0.29) is 33.1 Å². The number of nitrogens with zero attached hydrogens (tertiary/aromatic N) is 2. The molecule has 0 radical (unpaired) electrons. The van der Waals surface area contributed by atoms with Gasteiger partial charge in [-0.2, -0.15) is 8.42 Å². The standard InChI is InChI=1S/C12H13N5O4S2/c1-2-9(18)14-11-15-16-12(22-11)23(20,21)17-8-5-3-7(4-6-8)10(13)19/h3-6,17H,2H2,1H3,(H2,13,19)(H,14,15,18). The zero-order valence-electron chi connectivity index (χ0n) is 11.9. The zero-order valence-corrected chi connectivity index (χ0v) is 13.6. The van der Waals surface area contributed by atoms with Crippen LogP contribution in [0.1, 0.15) is 23.7 Å². The van der Waals surface area contributed by atoms with Crippen molar-refractivity contribution in [3.05, 3.63) is 29.8 Å². The van der Waals surface area contributed by atoms with Crippen molar-refractivity contribution in [2.45, 2.75) is 17.7 Å². The first-order valence-electron chi connectivity index (χ1n) is 6.38. The summed E-state index contributed by atoms with van der Waals surface area (Å²) in [7, 11) is -3.94. The highest BCUT2D eigenvalue weighted by Crippen LogP contribution is 2.22. The molecule has 0 saturated heterocycles. The summed E-state index contributed by atoms with van der Waals surface area (Å²) in [5, 5.41) is 9.68. The van der Waals surface area contributed by atoms with Crippen molar-refractivity contribution >= 4 is 44.0 Å². The lowest BCUT2D eigenvalue weighted by atomic mass is 10.2. The fourth-order valence-electron chi connectivity index (χ4n) is 1.48. The summed E-state index contributed by atoms with van der Waals surface area (Å²) < 4.78 is 26.4. The molecule has 0 aliphatic rings. The van der Waals surface area contributed by atoms with Crippen molar-refractivity contribution in [3.63, 3.8) is 0 Å². The molecule has 9 nitrogen and oxygen atoms in total. The van der Waals surface area contributed by atoms with Crippen molar-refractivity contribution < 1.29 is 18.0 Å². The van der Waals surface area contributed by atoms with Crippen LogP contribution in [0.25, 0.3) is 0 Å². The second-order valence-corrected chi connectivity index (χ2v) is 7.16. The van der Waals surface area contributed by atoms with Gasteiger partial charge >= 0.3 is 0 Å². The normalized spacial score (nSPS) is 11.0. The fourth-order valence-corrected chi connectivity index (χ4v) is 3.45. The van der Waals surface area contributed by atoms with Gasteiger partial charge in [0, 0.05) is 17.7 Å². The summed E-state index contributed by atoms with van der Waals surface area (Å²) in [6.45, 7) is 1.66. The van der Waals surface area contributed by atoms with Gasteiger partial charge in [-0.3, -0.25) is 14.3 Å². The Labute approximate surface area is 136 Å². The van der Waals surface area contributed by atoms with Crippen LogP contribution in [0.2, 0.25) is 0 Å². The lowest BCUT2D eigenvalue weighted by Crippen LogP contribution is -2.14. The monoisotopic (exact) mass is 355 g/mol. The number of primary amides is 1. The third kappa shape index (κ3) is 4.23. The van der Waals surface area contributed by atoms with Gasteiger partial charge in [0.2, 0.25) is 16.9 Å². The van der Waals surface area contributed by atoms with Crippen molar-refractivity contribution in [3.8, 4) is 0 Å². The Kier molecular flexibility index (Phi) is 4.91. The van der Waals surface area contributed by atoms with Crippen LogP contribution in [0.5, 0.6) is 0 Å². The van der Waals surface area contributed by atoms with Crippen LogP contribution < -0.4 is 15.8 Å². The summed E-state index contributed by atoms with van der Waals surface area (Å²) in [6, 6.07) is 5.59. The third-order valence-electron chi connectivity index (χ3n) is 2.63. The molecule has 11 heteroatoms. The fraction of sp³-hybridized carbons (Fsp3) is 0.167. The molecule has 2 aromatic rings. The number of benzene rings is 1. The maximum Gasteiger partial charge on any atom is 0.291 e. The van der Waals surface area contributed by atoms with Crippen LogP contribution in [0, 0.1) is 0 Å². The lowest BCUT2D eigenvalue weighted by molar-refractivity contribution is -0.115. The highest BCUT2D eigenvalue weighted by atomic mass is 32.2. The number of amides is 2. The minimum Gasteiger partial charge on any atom is -0.366 e. The molecule has 0 aliphatic carbocycles. The summed E-state index contributed by atoms with van der Waals surface area (Å²) in [5.74, 6) is -0.903. The minimum atomic E-state index is -3.94. The Balaban J connectivity index is 2.15. The average molecular weight is 355 g/mol. The molecule has 0 atom stereocenters. The Morgan fingerprint density at radius 2 is 1.87 bits per heavy atom. The maximum absolute atomic E-state index is 12.2. The van der Waals surface area contributed by atoms with E-state index in [4.69, 9.17) is 5.73 Å². The van der Waals surface area contributed by atoms with E-state index in [0.29, 0.717) is 0 Å². The highest BCUT2D eigenvalue weighted by Gasteiger charge is 2.21. The molecule has 2 amide bonds. The van der Waals surface area contributed by atoms with E-state index in [9.17, 15) is 18.0 Å². The summed E-state index contributed by atoms with van der Waals surface area (Å²) in [4.78, 5) is 22.2. The number of nitrogens with one attached hydrogen (secondary N) is 2. The van der Waals surface area contributed by atoms with Gasteiger partial charge in [-0.15, -0.1) is 10.2 Å². The van der Waals surface area contributed by atoms with Crippen molar-refractivity contribution in [2.24, 2.45) is 5.73 Å². The number of anilines is 2. The molecule has 122 valence electrons. The van der Waals surface area contributed by atoms with Gasteiger partial charge < -0.3 is 11.1 Å². The molecule has 0 aliphatic heterocycles. The molecule has 1 aromatic carbocycles. The molecule has 1 aromatic heterocycles. The summed E-state index contributed by atoms with van der Waals surface area (Å²) in [5.41, 5.74) is 5.61. The second kappa shape index (κ2) is 6.71. The van der Waals surface area contributed by atoms with Crippen LogP contribution in [0.4, 0.5) is 10.8 Å². The SMILES string of the molecule is CCC(=O)Nc1nnc(S(=O)(=O)Nc2ccc(C(N)=O)cc2)s1. The van der Waals surface area contributed by atoms with Gasteiger partial charge in [0.25, 0.3) is 14.4 Å². The number of nitrogens with two attached hydrogens (primary N) is 1. The van der Waals surface area contributed by atoms with E-state index >= 15 is 0 Å². The van der Waals surface area contributed by atoms with Crippen LogP contribution in [-0.2, 0) is 14.8 Å². The second-order valence-electron chi connectivity index (χ2n) is 4.32. The maximum atomic E-state index is 12.2. The van der Waals surface area contributed by atoms with Crippen molar-refractivity contribution in [1.82, 2.24) is 10.2 Å². The highest BCUT2D eigenvalue weighted by molar-refractivity contribution is 7.94. The Morgan fingerprint density at radius 3 is 2.43 bits per heavy atom. The predicted molar refractivity (Wildman–Crippen MR) is 84.6 cm³/mol. The first-order chi connectivity index (χ1) is 10.8. The first-order valence-corrected chi connectivity index (χ1v) is 8.68. The van der Waals surface area contributed by atoms with Gasteiger partial charge in [0.05, 0.1) is 0 Å². The molecule has 0 bridgehead atoms. The number of carbonyl (C=O) groups is 2. The Morgan fingerprint density at radius 1 is 1.22 bits per heavy atom. The lowest BCUT2D eigenvalue weighted by Gasteiger charge is -2.05. The minimum absolute atomic E-state index is 0.0984. The molecule has 23 heavy (non-hydrogen) atoms. The van der Waals surface area contributed by atoms with Gasteiger partial charge in [0.1, 0.15) is 0 Å². The molecule has 0 saturated carbocycles. The zero-order chi connectivity index (χ0) is 17.0. The summed E-state index contributed by atoms with van der Waals surface area (Å²) in [6.07, 6.45) is 0.242. The number of hydrogen-bond donors (Lipinski definition) is 3. The predicted octanol–water partition coefficient (Wildman–Crippen LogP) is 0.786. The Bertz CT molecular complexity index is 829. The van der Waals surface area contributed by atoms with Gasteiger partial charge in [0.15, 0.2) is 0 Å². The topological polar surface area (TPSA) is 144 Å². The quantitative estimate of drug-likeness (QED) is 0.653. The van der Waals surface area contributed by atoms with Gasteiger partial charge in [-0.1, -0.05) is 18.3 Å². The summed E-state index contributed by atoms with van der Waals surface area (Å²) >= 11 is 0.732. The number of hydrogen-bond acceptors (Lipinski definition) is 7. The molecule has 0 spiro atoms. The van der Waals surface area contributed by atoms with Crippen molar-refractivity contribution in [1.29, 1.82) is 0 Å². The molecule has 0 fully saturated rings. The number of carbonyl (C=O) groups excluding carboxylic acids is 2. The van der Waals surface area contributed by atoms with Gasteiger partial charge in [-0.05, 0) is 24.3 Å². The van der Waals surface area contributed by atoms with E-state index in [2.05, 4.69) is 20.2 Å². The van der Waals surface area contributed by atoms with E-state index < -0.39 is 15.9 Å². The number of sulfonamides is 1. The van der Waals surface area contributed by atoms with Crippen molar-refractivity contribution in [2.75, 3.05) is 10.0 Å². The van der Waals surface area contributed by atoms with Crippen LogP contribution in [-0.4, -0.2) is 30.4 Å². The van der Waals surface area contributed by atoms with E-state index in [1.807, 2.05) is 0 Å². The first kappa shape index (κ1) is 16.8. The number of aromatic nitrogens is 2. The molecule has 4 N–H and O–H groups in total. The molecule has 2 rings (SSSR count). The largest absolute Gasteiger partial charge is 0.366 e. The van der Waals surface area contributed by atoms with Crippen LogP contribution in [0.3, 0.4) is 0 Å². The van der Waals surface area contributed by atoms with Gasteiger partial charge in [-0.25, -0.2) is 0 Å². The third-order valence-corrected chi connectivity index (χ3v) is 5.21. The van der Waals surface area contributed by atoms with E-state index in [1.54, 1.807) is 6.92 Å². The molecule has 0 unspecified atom stereocenters. The average Bonchev–Trinajstić information content (AvgIpc) is 2.96. The molecular formula is C12H13N5O4S2. The van der Waals surface area contributed by atoms with E-state index in [1.165, 1.54) is 24.3 Å². The molecule has 1 heterocycles. The Hall–Kier alpha value is -2.53. The van der Waals surface area contributed by atoms with E-state index in [0.717, 1.165) is 11.3 Å². The van der Waals surface area contributed by atoms with Crippen LogP contribution >= 0.6 is 11.3 Å².